The standard InChI is InChI=1S/C10H15FN2S/c1-8(14-2)4-12-5-9-3-10(11)7-13-6-9/h3,6-8,12H,4-5H2,1-2H3. The van der Waals surface area contributed by atoms with Crippen molar-refractivity contribution < 1.29 is 4.39 Å². The van der Waals surface area contributed by atoms with Gasteiger partial charge >= 0.3 is 0 Å². The lowest BCUT2D eigenvalue weighted by molar-refractivity contribution is 0.612. The van der Waals surface area contributed by atoms with E-state index in [1.165, 1.54) is 12.3 Å². The molecule has 0 aliphatic carbocycles. The van der Waals surface area contributed by atoms with Crippen molar-refractivity contribution in [2.45, 2.75) is 18.7 Å². The van der Waals surface area contributed by atoms with Crippen molar-refractivity contribution in [3.63, 3.8) is 0 Å². The molecule has 0 fully saturated rings. The number of nitrogens with one attached hydrogen (secondary N) is 1. The maximum absolute atomic E-state index is 12.7. The predicted octanol–water partition coefficient (Wildman–Crippen LogP) is 2.06. The molecule has 14 heavy (non-hydrogen) atoms. The van der Waals surface area contributed by atoms with Crippen LogP contribution in [0.4, 0.5) is 4.39 Å². The molecular weight excluding hydrogens is 199 g/mol. The molecule has 0 spiro atoms. The minimum Gasteiger partial charge on any atom is -0.312 e. The summed E-state index contributed by atoms with van der Waals surface area (Å²) in [5, 5.41) is 3.83. The van der Waals surface area contributed by atoms with Gasteiger partial charge in [0.15, 0.2) is 0 Å². The molecular formula is C10H15FN2S. The van der Waals surface area contributed by atoms with E-state index in [9.17, 15) is 4.39 Å². The number of hydrogen-bond acceptors (Lipinski definition) is 3. The first kappa shape index (κ1) is 11.5. The molecule has 0 aliphatic heterocycles. The van der Waals surface area contributed by atoms with E-state index in [4.69, 9.17) is 0 Å². The van der Waals surface area contributed by atoms with Crippen LogP contribution in [0, 0.1) is 5.82 Å². The second-order valence-electron chi connectivity index (χ2n) is 3.19. The molecule has 1 N–H and O–H groups in total. The molecule has 0 saturated carbocycles. The number of hydrogen-bond donors (Lipinski definition) is 1. The summed E-state index contributed by atoms with van der Waals surface area (Å²) in [6.45, 7) is 3.76. The van der Waals surface area contributed by atoms with Gasteiger partial charge in [-0.05, 0) is 17.9 Å². The quantitative estimate of drug-likeness (QED) is 0.812. The van der Waals surface area contributed by atoms with Crippen molar-refractivity contribution in [2.75, 3.05) is 12.8 Å². The fourth-order valence-corrected chi connectivity index (χ4v) is 1.34. The zero-order valence-corrected chi connectivity index (χ0v) is 9.27. The van der Waals surface area contributed by atoms with Gasteiger partial charge in [-0.2, -0.15) is 11.8 Å². The zero-order chi connectivity index (χ0) is 10.4. The number of halogens is 1. The highest BCUT2D eigenvalue weighted by molar-refractivity contribution is 7.99. The van der Waals surface area contributed by atoms with E-state index in [0.29, 0.717) is 11.8 Å². The Labute approximate surface area is 88.3 Å². The smallest absolute Gasteiger partial charge is 0.141 e. The SMILES string of the molecule is CSC(C)CNCc1cncc(F)c1. The van der Waals surface area contributed by atoms with Crippen LogP contribution < -0.4 is 5.32 Å². The monoisotopic (exact) mass is 214 g/mol. The van der Waals surface area contributed by atoms with Gasteiger partial charge in [0.2, 0.25) is 0 Å². The molecule has 0 radical (unpaired) electrons. The Balaban J connectivity index is 2.31. The van der Waals surface area contributed by atoms with E-state index in [1.54, 1.807) is 6.20 Å². The molecule has 4 heteroatoms. The van der Waals surface area contributed by atoms with Crippen LogP contribution in [0.5, 0.6) is 0 Å². The highest BCUT2D eigenvalue weighted by Gasteiger charge is 1.99. The average molecular weight is 214 g/mol. The first-order chi connectivity index (χ1) is 6.72. The number of aromatic nitrogens is 1. The molecule has 0 amide bonds. The lowest BCUT2D eigenvalue weighted by Crippen LogP contribution is -2.22. The Bertz CT molecular complexity index is 281. The number of rotatable bonds is 5. The molecule has 78 valence electrons. The summed E-state index contributed by atoms with van der Waals surface area (Å²) in [5.74, 6) is -0.276. The molecule has 0 bridgehead atoms. The van der Waals surface area contributed by atoms with Crippen LogP contribution in [0.25, 0.3) is 0 Å². The lowest BCUT2D eigenvalue weighted by Gasteiger charge is -2.09. The van der Waals surface area contributed by atoms with Gasteiger partial charge < -0.3 is 5.32 Å². The molecule has 1 unspecified atom stereocenters. The second-order valence-corrected chi connectivity index (χ2v) is 4.46. The van der Waals surface area contributed by atoms with Crippen LogP contribution in [0.2, 0.25) is 0 Å². The predicted molar refractivity (Wildman–Crippen MR) is 58.9 cm³/mol. The van der Waals surface area contributed by atoms with Crippen LogP contribution in [0.3, 0.4) is 0 Å². The first-order valence-electron chi connectivity index (χ1n) is 4.55. The summed E-state index contributed by atoms with van der Waals surface area (Å²) in [5.41, 5.74) is 0.887. The van der Waals surface area contributed by atoms with Crippen molar-refractivity contribution in [3.05, 3.63) is 29.8 Å². The van der Waals surface area contributed by atoms with Crippen molar-refractivity contribution in [1.29, 1.82) is 0 Å². The van der Waals surface area contributed by atoms with Gasteiger partial charge in [0, 0.05) is 24.5 Å². The van der Waals surface area contributed by atoms with E-state index in [-0.39, 0.29) is 5.82 Å². The molecule has 1 rings (SSSR count). The van der Waals surface area contributed by atoms with Crippen LogP contribution >= 0.6 is 11.8 Å². The molecule has 1 heterocycles. The molecule has 0 aromatic carbocycles. The zero-order valence-electron chi connectivity index (χ0n) is 8.46. The van der Waals surface area contributed by atoms with E-state index in [1.807, 2.05) is 11.8 Å². The molecule has 0 aliphatic rings. The minimum atomic E-state index is -0.276. The highest BCUT2D eigenvalue weighted by atomic mass is 32.2. The Kier molecular flexibility index (Phi) is 4.90. The third-order valence-corrected chi connectivity index (χ3v) is 2.90. The van der Waals surface area contributed by atoms with Gasteiger partial charge in [0.25, 0.3) is 0 Å². The summed E-state index contributed by atoms with van der Waals surface area (Å²) >= 11 is 1.81. The average Bonchev–Trinajstić information content (AvgIpc) is 2.17. The number of pyridine rings is 1. The van der Waals surface area contributed by atoms with Crippen molar-refractivity contribution >= 4 is 11.8 Å². The van der Waals surface area contributed by atoms with Gasteiger partial charge in [-0.25, -0.2) is 4.39 Å². The molecule has 1 aromatic rings. The van der Waals surface area contributed by atoms with Gasteiger partial charge in [-0.1, -0.05) is 6.92 Å². The van der Waals surface area contributed by atoms with E-state index < -0.39 is 0 Å². The minimum absolute atomic E-state index is 0.276. The van der Waals surface area contributed by atoms with Crippen LogP contribution in [-0.2, 0) is 6.54 Å². The highest BCUT2D eigenvalue weighted by Crippen LogP contribution is 2.04. The van der Waals surface area contributed by atoms with E-state index >= 15 is 0 Å². The topological polar surface area (TPSA) is 24.9 Å². The molecule has 0 saturated heterocycles. The third kappa shape index (κ3) is 4.07. The summed E-state index contributed by atoms with van der Waals surface area (Å²) in [7, 11) is 0. The Hall–Kier alpha value is -0.610. The van der Waals surface area contributed by atoms with Crippen molar-refractivity contribution in [3.8, 4) is 0 Å². The van der Waals surface area contributed by atoms with Gasteiger partial charge in [-0.3, -0.25) is 4.98 Å². The van der Waals surface area contributed by atoms with Crippen molar-refractivity contribution in [2.24, 2.45) is 0 Å². The summed E-state index contributed by atoms with van der Waals surface area (Å²) < 4.78 is 12.7. The second kappa shape index (κ2) is 5.98. The van der Waals surface area contributed by atoms with E-state index in [2.05, 4.69) is 23.5 Å². The Morgan fingerprint density at radius 2 is 2.36 bits per heavy atom. The number of thioether (sulfide) groups is 1. The maximum Gasteiger partial charge on any atom is 0.141 e. The molecule has 1 aromatic heterocycles. The molecule has 1 atom stereocenters. The third-order valence-electron chi connectivity index (χ3n) is 1.92. The van der Waals surface area contributed by atoms with Gasteiger partial charge in [0.05, 0.1) is 6.20 Å². The summed E-state index contributed by atoms with van der Waals surface area (Å²) in [6.07, 6.45) is 4.98. The molecule has 2 nitrogen and oxygen atoms in total. The van der Waals surface area contributed by atoms with Crippen molar-refractivity contribution in [1.82, 2.24) is 10.3 Å². The van der Waals surface area contributed by atoms with Crippen LogP contribution in [0.1, 0.15) is 12.5 Å². The first-order valence-corrected chi connectivity index (χ1v) is 5.84. The number of nitrogens with zero attached hydrogens (tertiary/aromatic N) is 1. The van der Waals surface area contributed by atoms with Gasteiger partial charge in [-0.15, -0.1) is 0 Å². The van der Waals surface area contributed by atoms with Crippen LogP contribution in [0.15, 0.2) is 18.5 Å². The van der Waals surface area contributed by atoms with E-state index in [0.717, 1.165) is 12.1 Å². The fourth-order valence-electron chi connectivity index (χ4n) is 1.06. The van der Waals surface area contributed by atoms with Crippen LogP contribution in [-0.4, -0.2) is 23.0 Å². The summed E-state index contributed by atoms with van der Waals surface area (Å²) in [6, 6.07) is 1.50. The fraction of sp³-hybridized carbons (Fsp3) is 0.500. The largest absolute Gasteiger partial charge is 0.312 e. The van der Waals surface area contributed by atoms with Gasteiger partial charge in [0.1, 0.15) is 5.82 Å². The lowest BCUT2D eigenvalue weighted by atomic mass is 10.3. The summed E-state index contributed by atoms with van der Waals surface area (Å²) in [4.78, 5) is 3.78. The normalized spacial score (nSPS) is 12.8. The Morgan fingerprint density at radius 3 is 3.00 bits per heavy atom. The maximum atomic E-state index is 12.7. The Morgan fingerprint density at radius 1 is 1.57 bits per heavy atom.